The van der Waals surface area contributed by atoms with Crippen molar-refractivity contribution >= 4 is 11.5 Å². The number of hydrogen-bond donors (Lipinski definition) is 0. The number of ether oxygens (including phenoxy) is 1. The predicted octanol–water partition coefficient (Wildman–Crippen LogP) is 5.16. The summed E-state index contributed by atoms with van der Waals surface area (Å²) in [5.41, 5.74) is 3.07. The lowest BCUT2D eigenvalue weighted by Gasteiger charge is -2.26. The SMILES string of the molecule is COc1ccc(Cc2ccc(N([O-])OC)cc2)c(F)c1-c1cccc(C(C)=O)c1. The molecule has 0 aliphatic carbocycles. The van der Waals surface area contributed by atoms with E-state index in [1.54, 1.807) is 60.7 Å². The summed E-state index contributed by atoms with van der Waals surface area (Å²) in [5.74, 6) is -0.105. The summed E-state index contributed by atoms with van der Waals surface area (Å²) in [6.45, 7) is 1.47. The third-order valence-corrected chi connectivity index (χ3v) is 4.67. The van der Waals surface area contributed by atoms with Crippen LogP contribution in [0, 0.1) is 11.0 Å². The van der Waals surface area contributed by atoms with Crippen LogP contribution in [0.15, 0.2) is 60.7 Å². The number of rotatable bonds is 7. The van der Waals surface area contributed by atoms with Gasteiger partial charge in [0, 0.05) is 12.0 Å². The highest BCUT2D eigenvalue weighted by atomic mass is 19.1. The molecule has 0 bridgehead atoms. The lowest BCUT2D eigenvalue weighted by atomic mass is 9.95. The molecule has 3 aromatic carbocycles. The van der Waals surface area contributed by atoms with Gasteiger partial charge < -0.3 is 15.2 Å². The highest BCUT2D eigenvalue weighted by Crippen LogP contribution is 2.35. The first-order valence-electron chi connectivity index (χ1n) is 9.01. The Kier molecular flexibility index (Phi) is 6.26. The molecule has 0 aromatic heterocycles. The first-order valence-corrected chi connectivity index (χ1v) is 9.01. The number of ketones is 1. The molecule has 3 rings (SSSR count). The summed E-state index contributed by atoms with van der Waals surface area (Å²) >= 11 is 0. The standard InChI is InChI=1S/C23H21FNO4/c1-15(26)17-5-4-6-18(14-17)22-21(28-2)12-9-19(23(22)24)13-16-7-10-20(11-8-16)25(27)29-3/h4-12,14H,13H2,1-3H3/q-1. The Morgan fingerprint density at radius 1 is 1.07 bits per heavy atom. The summed E-state index contributed by atoms with van der Waals surface area (Å²) in [5, 5.41) is 11.9. The zero-order chi connectivity index (χ0) is 21.0. The summed E-state index contributed by atoms with van der Waals surface area (Å²) in [6, 6.07) is 17.0. The molecule has 0 aliphatic rings. The molecular formula is C23H21FNO4-. The predicted molar refractivity (Wildman–Crippen MR) is 110 cm³/mol. The topological polar surface area (TPSA) is 61.8 Å². The van der Waals surface area contributed by atoms with E-state index >= 15 is 4.39 Å². The van der Waals surface area contributed by atoms with Crippen LogP contribution in [0.25, 0.3) is 11.1 Å². The van der Waals surface area contributed by atoms with Gasteiger partial charge >= 0.3 is 0 Å². The van der Waals surface area contributed by atoms with Gasteiger partial charge in [-0.25, -0.2) is 4.39 Å². The minimum atomic E-state index is -0.406. The average molecular weight is 394 g/mol. The van der Waals surface area contributed by atoms with E-state index in [0.717, 1.165) is 5.56 Å². The molecule has 6 heteroatoms. The van der Waals surface area contributed by atoms with Crippen molar-refractivity contribution in [1.82, 2.24) is 0 Å². The Bertz CT molecular complexity index is 1020. The number of methoxy groups -OCH3 is 1. The molecule has 0 atom stereocenters. The monoisotopic (exact) mass is 394 g/mol. The van der Waals surface area contributed by atoms with Crippen molar-refractivity contribution in [1.29, 1.82) is 0 Å². The van der Waals surface area contributed by atoms with Gasteiger partial charge in [0.25, 0.3) is 0 Å². The third-order valence-electron chi connectivity index (χ3n) is 4.67. The van der Waals surface area contributed by atoms with Crippen molar-refractivity contribution in [2.75, 3.05) is 19.4 Å². The number of halogens is 1. The smallest absolute Gasteiger partial charge is 0.159 e. The Morgan fingerprint density at radius 2 is 1.79 bits per heavy atom. The van der Waals surface area contributed by atoms with Gasteiger partial charge in [0.1, 0.15) is 11.6 Å². The molecular weight excluding hydrogens is 373 g/mol. The summed E-state index contributed by atoms with van der Waals surface area (Å²) < 4.78 is 20.8. The highest BCUT2D eigenvalue weighted by Gasteiger charge is 2.17. The van der Waals surface area contributed by atoms with Crippen LogP contribution < -0.4 is 9.96 Å². The number of carbonyl (C=O) groups is 1. The Hall–Kier alpha value is -3.22. The average Bonchev–Trinajstić information content (AvgIpc) is 2.75. The van der Waals surface area contributed by atoms with E-state index in [1.807, 2.05) is 0 Å². The van der Waals surface area contributed by atoms with Crippen LogP contribution in [-0.4, -0.2) is 20.0 Å². The second kappa shape index (κ2) is 8.86. The van der Waals surface area contributed by atoms with Gasteiger partial charge in [-0.05, 0) is 47.9 Å². The molecule has 3 aromatic rings. The molecule has 0 radical (unpaired) electrons. The zero-order valence-electron chi connectivity index (χ0n) is 16.4. The molecule has 5 nitrogen and oxygen atoms in total. The van der Waals surface area contributed by atoms with Crippen LogP contribution in [0.2, 0.25) is 0 Å². The Labute approximate surface area is 168 Å². The van der Waals surface area contributed by atoms with Crippen molar-refractivity contribution < 1.29 is 18.8 Å². The van der Waals surface area contributed by atoms with E-state index < -0.39 is 5.82 Å². The maximum atomic E-state index is 15.4. The quantitative estimate of drug-likeness (QED) is 0.409. The minimum absolute atomic E-state index is 0.0917. The number of benzene rings is 3. The lowest BCUT2D eigenvalue weighted by Crippen LogP contribution is -2.11. The molecule has 29 heavy (non-hydrogen) atoms. The van der Waals surface area contributed by atoms with Gasteiger partial charge in [0.2, 0.25) is 0 Å². The molecule has 0 amide bonds. The first kappa shape index (κ1) is 20.5. The number of Topliss-reactive ketones (excluding diaryl/α,β-unsaturated/α-hetero) is 1. The van der Waals surface area contributed by atoms with Crippen LogP contribution in [0.3, 0.4) is 0 Å². The van der Waals surface area contributed by atoms with E-state index in [4.69, 9.17) is 4.74 Å². The zero-order valence-corrected chi connectivity index (χ0v) is 16.4. The third kappa shape index (κ3) is 4.45. The minimum Gasteiger partial charge on any atom is -0.733 e. The number of nitrogens with zero attached hydrogens (tertiary/aromatic N) is 1. The van der Waals surface area contributed by atoms with Crippen molar-refractivity contribution in [3.63, 3.8) is 0 Å². The lowest BCUT2D eigenvalue weighted by molar-refractivity contribution is 0.101. The van der Waals surface area contributed by atoms with Crippen LogP contribution in [-0.2, 0) is 11.3 Å². The van der Waals surface area contributed by atoms with Gasteiger partial charge in [-0.15, -0.1) is 0 Å². The highest BCUT2D eigenvalue weighted by molar-refractivity contribution is 5.95. The summed E-state index contributed by atoms with van der Waals surface area (Å²) in [6.07, 6.45) is 0.335. The molecule has 0 spiro atoms. The molecule has 0 aliphatic heterocycles. The number of hydrogen-bond acceptors (Lipinski definition) is 5. The molecule has 150 valence electrons. The van der Waals surface area contributed by atoms with Gasteiger partial charge in [-0.3, -0.25) is 9.63 Å². The van der Waals surface area contributed by atoms with Crippen LogP contribution >= 0.6 is 0 Å². The van der Waals surface area contributed by atoms with E-state index in [1.165, 1.54) is 21.1 Å². The Morgan fingerprint density at radius 3 is 2.41 bits per heavy atom. The van der Waals surface area contributed by atoms with E-state index in [2.05, 4.69) is 4.84 Å². The normalized spacial score (nSPS) is 10.7. The maximum Gasteiger partial charge on any atom is 0.159 e. The molecule has 0 fully saturated rings. The molecule has 0 N–H and O–H groups in total. The van der Waals surface area contributed by atoms with Crippen molar-refractivity contribution in [2.45, 2.75) is 13.3 Å². The van der Waals surface area contributed by atoms with E-state index in [0.29, 0.717) is 45.3 Å². The second-order valence-corrected chi connectivity index (χ2v) is 6.54. The van der Waals surface area contributed by atoms with Crippen LogP contribution in [0.5, 0.6) is 5.75 Å². The first-order chi connectivity index (χ1) is 13.9. The van der Waals surface area contributed by atoms with E-state index in [-0.39, 0.29) is 5.78 Å². The fraction of sp³-hybridized carbons (Fsp3) is 0.174. The van der Waals surface area contributed by atoms with Gasteiger partial charge in [0.15, 0.2) is 5.78 Å². The largest absolute Gasteiger partial charge is 0.733 e. The fourth-order valence-electron chi connectivity index (χ4n) is 3.13. The van der Waals surface area contributed by atoms with Crippen LogP contribution in [0.4, 0.5) is 10.1 Å². The van der Waals surface area contributed by atoms with Gasteiger partial charge in [-0.2, -0.15) is 0 Å². The second-order valence-electron chi connectivity index (χ2n) is 6.54. The summed E-state index contributed by atoms with van der Waals surface area (Å²) in [4.78, 5) is 16.3. The maximum absolute atomic E-state index is 15.4. The fourth-order valence-corrected chi connectivity index (χ4v) is 3.13. The molecule has 0 saturated heterocycles. The van der Waals surface area contributed by atoms with Crippen molar-refractivity contribution in [2.24, 2.45) is 0 Å². The molecule has 0 heterocycles. The van der Waals surface area contributed by atoms with Crippen LogP contribution in [0.1, 0.15) is 28.4 Å². The molecule has 0 saturated carbocycles. The van der Waals surface area contributed by atoms with Crippen molar-refractivity contribution in [3.05, 3.63) is 88.4 Å². The molecule has 0 unspecified atom stereocenters. The number of anilines is 1. The van der Waals surface area contributed by atoms with Crippen molar-refractivity contribution in [3.8, 4) is 16.9 Å². The van der Waals surface area contributed by atoms with Gasteiger partial charge in [-0.1, -0.05) is 36.4 Å². The summed E-state index contributed by atoms with van der Waals surface area (Å²) in [7, 11) is 2.77. The number of carbonyl (C=O) groups excluding carboxylic acids is 1. The van der Waals surface area contributed by atoms with Gasteiger partial charge in [0.05, 0.1) is 25.5 Å². The van der Waals surface area contributed by atoms with E-state index in [9.17, 15) is 10.0 Å². The Balaban J connectivity index is 1.99.